The average Bonchev–Trinajstić information content (AvgIpc) is 3.18. The van der Waals surface area contributed by atoms with Crippen LogP contribution in [-0.4, -0.2) is 38.7 Å². The topological polar surface area (TPSA) is 68.1 Å². The second-order valence-electron chi connectivity index (χ2n) is 7.55. The number of carbonyl (C=O) groups excluding carboxylic acids is 1. The van der Waals surface area contributed by atoms with Crippen LogP contribution in [0.4, 0.5) is 0 Å². The number of carbonyl (C=O) groups is 1. The van der Waals surface area contributed by atoms with Crippen LogP contribution in [-0.2, 0) is 16.8 Å². The molecule has 2 aromatic heterocycles. The first-order valence-corrected chi connectivity index (χ1v) is 10.7. The molecule has 1 saturated heterocycles. The number of aromatic nitrogens is 3. The van der Waals surface area contributed by atoms with E-state index in [4.69, 9.17) is 4.98 Å². The number of rotatable bonds is 4. The maximum Gasteiger partial charge on any atom is 0.267 e. The van der Waals surface area contributed by atoms with Crippen LogP contribution >= 0.6 is 11.3 Å². The number of thiazole rings is 1. The van der Waals surface area contributed by atoms with Gasteiger partial charge in [-0.3, -0.25) is 9.59 Å². The molecule has 0 spiro atoms. The fourth-order valence-electron chi connectivity index (χ4n) is 4.06. The van der Waals surface area contributed by atoms with Crippen molar-refractivity contribution in [2.24, 2.45) is 0 Å². The lowest BCUT2D eigenvalue weighted by Crippen LogP contribution is -2.47. The molecule has 1 aliphatic heterocycles. The summed E-state index contributed by atoms with van der Waals surface area (Å²) in [5.41, 5.74) is 2.63. The van der Waals surface area contributed by atoms with Crippen molar-refractivity contribution in [3.05, 3.63) is 80.2 Å². The maximum atomic E-state index is 12.8. The van der Waals surface area contributed by atoms with Gasteiger partial charge in [-0.05, 0) is 38.3 Å². The van der Waals surface area contributed by atoms with Gasteiger partial charge in [0.1, 0.15) is 6.54 Å². The first-order valence-electron chi connectivity index (χ1n) is 9.79. The molecule has 0 bridgehead atoms. The molecule has 1 fully saturated rings. The summed E-state index contributed by atoms with van der Waals surface area (Å²) < 4.78 is 1.25. The molecule has 0 saturated carbocycles. The van der Waals surface area contributed by atoms with Crippen molar-refractivity contribution in [1.29, 1.82) is 0 Å². The minimum atomic E-state index is -0.252. The van der Waals surface area contributed by atoms with E-state index in [-0.39, 0.29) is 23.4 Å². The number of hydrogen-bond acceptors (Lipinski definition) is 5. The molecule has 7 heteroatoms. The van der Waals surface area contributed by atoms with Crippen LogP contribution in [0.2, 0.25) is 0 Å². The molecule has 150 valence electrons. The molecule has 0 unspecified atom stereocenters. The number of amides is 1. The highest BCUT2D eigenvalue weighted by atomic mass is 32.1. The maximum absolute atomic E-state index is 12.8. The summed E-state index contributed by atoms with van der Waals surface area (Å²) in [5, 5.41) is 7.39. The van der Waals surface area contributed by atoms with Crippen LogP contribution < -0.4 is 5.56 Å². The van der Waals surface area contributed by atoms with Gasteiger partial charge < -0.3 is 4.90 Å². The summed E-state index contributed by atoms with van der Waals surface area (Å²) in [6.45, 7) is 5.08. The summed E-state index contributed by atoms with van der Waals surface area (Å²) in [7, 11) is 0. The Bertz CT molecular complexity index is 1070. The highest BCUT2D eigenvalue weighted by molar-refractivity contribution is 7.09. The van der Waals surface area contributed by atoms with E-state index in [0.717, 1.165) is 29.2 Å². The average molecular weight is 409 g/mol. The van der Waals surface area contributed by atoms with Crippen LogP contribution in [0.5, 0.6) is 0 Å². The zero-order valence-electron chi connectivity index (χ0n) is 16.7. The molecule has 0 atom stereocenters. The molecule has 4 rings (SSSR count). The van der Waals surface area contributed by atoms with E-state index in [1.54, 1.807) is 17.4 Å². The molecule has 0 radical (unpaired) electrons. The van der Waals surface area contributed by atoms with Crippen LogP contribution in [0.15, 0.2) is 52.6 Å². The van der Waals surface area contributed by atoms with Gasteiger partial charge in [-0.2, -0.15) is 5.10 Å². The van der Waals surface area contributed by atoms with Crippen molar-refractivity contribution in [3.8, 4) is 0 Å². The number of benzene rings is 1. The van der Waals surface area contributed by atoms with E-state index in [1.807, 2.05) is 24.8 Å². The quantitative estimate of drug-likeness (QED) is 0.666. The van der Waals surface area contributed by atoms with Gasteiger partial charge in [0.25, 0.3) is 5.56 Å². The van der Waals surface area contributed by atoms with Gasteiger partial charge >= 0.3 is 0 Å². The molecule has 29 heavy (non-hydrogen) atoms. The molecular weight excluding hydrogens is 384 g/mol. The predicted molar refractivity (Wildman–Crippen MR) is 113 cm³/mol. The van der Waals surface area contributed by atoms with Crippen LogP contribution in [0.1, 0.15) is 34.8 Å². The third kappa shape index (κ3) is 3.87. The summed E-state index contributed by atoms with van der Waals surface area (Å²) >= 11 is 1.67. The van der Waals surface area contributed by atoms with Crippen molar-refractivity contribution in [3.63, 3.8) is 0 Å². The van der Waals surface area contributed by atoms with Gasteiger partial charge in [0.2, 0.25) is 5.91 Å². The first-order chi connectivity index (χ1) is 14.0. The Hall–Kier alpha value is -2.80. The monoisotopic (exact) mass is 408 g/mol. The molecule has 6 nitrogen and oxygen atoms in total. The van der Waals surface area contributed by atoms with Crippen molar-refractivity contribution in [1.82, 2.24) is 19.7 Å². The normalized spacial score (nSPS) is 16.0. The SMILES string of the molecule is Cc1ccc(=O)n(CC(=O)N2CCC(c3ccccc3)(c3csc(C)n3)CC2)n1. The van der Waals surface area contributed by atoms with E-state index in [9.17, 15) is 9.59 Å². The van der Waals surface area contributed by atoms with Crippen LogP contribution in [0, 0.1) is 13.8 Å². The van der Waals surface area contributed by atoms with E-state index in [0.29, 0.717) is 13.1 Å². The summed E-state index contributed by atoms with van der Waals surface area (Å²) in [6.07, 6.45) is 1.62. The molecule has 3 heterocycles. The minimum Gasteiger partial charge on any atom is -0.341 e. The van der Waals surface area contributed by atoms with Gasteiger partial charge in [-0.25, -0.2) is 9.67 Å². The van der Waals surface area contributed by atoms with Gasteiger partial charge in [0, 0.05) is 30.0 Å². The Morgan fingerprint density at radius 3 is 2.48 bits per heavy atom. The summed E-state index contributed by atoms with van der Waals surface area (Å²) in [5.74, 6) is -0.0682. The smallest absolute Gasteiger partial charge is 0.267 e. The van der Waals surface area contributed by atoms with E-state index in [1.165, 1.54) is 16.3 Å². The van der Waals surface area contributed by atoms with Crippen LogP contribution in [0.3, 0.4) is 0 Å². The number of likely N-dealkylation sites (tertiary alicyclic amines) is 1. The zero-order valence-corrected chi connectivity index (χ0v) is 17.5. The second kappa shape index (κ2) is 7.91. The lowest BCUT2D eigenvalue weighted by atomic mass is 9.70. The Morgan fingerprint density at radius 1 is 1.10 bits per heavy atom. The van der Waals surface area contributed by atoms with Crippen LogP contribution in [0.25, 0.3) is 0 Å². The Labute approximate surface area is 173 Å². The highest BCUT2D eigenvalue weighted by Crippen LogP contribution is 2.41. The van der Waals surface area contributed by atoms with E-state index >= 15 is 0 Å². The number of nitrogens with zero attached hydrogens (tertiary/aromatic N) is 4. The van der Waals surface area contributed by atoms with Gasteiger partial charge in [0.15, 0.2) is 0 Å². The summed E-state index contributed by atoms with van der Waals surface area (Å²) in [6, 6.07) is 13.6. The van der Waals surface area contributed by atoms with E-state index in [2.05, 4.69) is 34.7 Å². The minimum absolute atomic E-state index is 0.0192. The molecule has 1 aromatic carbocycles. The number of aryl methyl sites for hydroxylation is 2. The molecular formula is C22H24N4O2S. The molecule has 1 amide bonds. The largest absolute Gasteiger partial charge is 0.341 e. The van der Waals surface area contributed by atoms with Crippen molar-refractivity contribution in [2.45, 2.75) is 38.6 Å². The fourth-order valence-corrected chi connectivity index (χ4v) is 4.77. The number of hydrogen-bond donors (Lipinski definition) is 0. The van der Waals surface area contributed by atoms with Gasteiger partial charge in [-0.1, -0.05) is 30.3 Å². The Balaban J connectivity index is 1.55. The van der Waals surface area contributed by atoms with Crippen molar-refractivity contribution in [2.75, 3.05) is 13.1 Å². The van der Waals surface area contributed by atoms with E-state index < -0.39 is 0 Å². The standard InChI is InChI=1S/C22H24N4O2S/c1-16-8-9-20(27)26(24-16)14-21(28)25-12-10-22(11-13-25,18-6-4-3-5-7-18)19-15-29-17(2)23-19/h3-9,15H,10-14H2,1-2H3. The zero-order chi connectivity index (χ0) is 20.4. The molecule has 0 N–H and O–H groups in total. The fraction of sp³-hybridized carbons (Fsp3) is 0.364. The second-order valence-corrected chi connectivity index (χ2v) is 8.61. The summed E-state index contributed by atoms with van der Waals surface area (Å²) in [4.78, 5) is 31.5. The first kappa shape index (κ1) is 19.5. The van der Waals surface area contributed by atoms with Gasteiger partial charge in [-0.15, -0.1) is 11.3 Å². The Kier molecular flexibility index (Phi) is 5.32. The molecule has 3 aromatic rings. The predicted octanol–water partition coefficient (Wildman–Crippen LogP) is 2.93. The van der Waals surface area contributed by atoms with Crippen molar-refractivity contribution >= 4 is 17.2 Å². The third-order valence-corrected chi connectivity index (χ3v) is 6.46. The number of piperidine rings is 1. The highest BCUT2D eigenvalue weighted by Gasteiger charge is 2.40. The lowest BCUT2D eigenvalue weighted by molar-refractivity contribution is -0.133. The third-order valence-electron chi connectivity index (χ3n) is 5.69. The lowest BCUT2D eigenvalue weighted by Gasteiger charge is -2.41. The van der Waals surface area contributed by atoms with Gasteiger partial charge in [0.05, 0.1) is 16.4 Å². The molecule has 1 aliphatic rings. The molecule has 0 aliphatic carbocycles. The van der Waals surface area contributed by atoms with Crippen molar-refractivity contribution < 1.29 is 4.79 Å². The Morgan fingerprint density at radius 2 is 1.83 bits per heavy atom.